The lowest BCUT2D eigenvalue weighted by Crippen LogP contribution is -2.43. The number of benzene rings is 2. The first-order valence-corrected chi connectivity index (χ1v) is 16.3. The van der Waals surface area contributed by atoms with E-state index in [0.717, 1.165) is 30.7 Å². The molecule has 47 heavy (non-hydrogen) atoms. The van der Waals surface area contributed by atoms with Crippen LogP contribution in [0.3, 0.4) is 0 Å². The predicted octanol–water partition coefficient (Wildman–Crippen LogP) is 5.49. The number of carbonyl (C=O) groups is 1. The van der Waals surface area contributed by atoms with Crippen LogP contribution >= 0.6 is 11.3 Å². The van der Waals surface area contributed by atoms with Gasteiger partial charge in [0.2, 0.25) is 11.8 Å². The van der Waals surface area contributed by atoms with Crippen molar-refractivity contribution < 1.29 is 23.0 Å². The summed E-state index contributed by atoms with van der Waals surface area (Å²) in [5.74, 6) is -0.543. The fourth-order valence-electron chi connectivity index (χ4n) is 7.41. The first-order chi connectivity index (χ1) is 22.7. The Morgan fingerprint density at radius 1 is 1.26 bits per heavy atom. The number of nitrogen functional groups attached to an aromatic ring is 1. The third kappa shape index (κ3) is 5.11. The molecule has 2 aromatic carbocycles. The molecule has 240 valence electrons. The van der Waals surface area contributed by atoms with Crippen molar-refractivity contribution >= 4 is 43.2 Å². The molecule has 3 aliphatic rings. The maximum absolute atomic E-state index is 14.9. The molecule has 10 nitrogen and oxygen atoms in total. The van der Waals surface area contributed by atoms with E-state index in [9.17, 15) is 24.1 Å². The van der Waals surface area contributed by atoms with Crippen LogP contribution in [-0.2, 0) is 4.79 Å². The zero-order chi connectivity index (χ0) is 33.0. The normalized spacial score (nSPS) is 23.9. The highest BCUT2D eigenvalue weighted by atomic mass is 32.1. The molecule has 1 amide bonds. The number of amides is 1. The second-order valence-electron chi connectivity index (χ2n) is 12.4. The summed E-state index contributed by atoms with van der Waals surface area (Å²) in [6.07, 6.45) is 2.61. The summed E-state index contributed by atoms with van der Waals surface area (Å²) in [6, 6.07) is 10.1. The molecule has 2 aromatic heterocycles. The van der Waals surface area contributed by atoms with E-state index in [-0.39, 0.29) is 51.3 Å². The summed E-state index contributed by atoms with van der Waals surface area (Å²) in [4.78, 5) is 25.6. The van der Waals surface area contributed by atoms with E-state index in [1.54, 1.807) is 17.0 Å². The number of hydrogen-bond donors (Lipinski definition) is 1. The molecule has 0 bridgehead atoms. The van der Waals surface area contributed by atoms with Crippen LogP contribution in [-0.4, -0.2) is 75.8 Å². The van der Waals surface area contributed by atoms with Gasteiger partial charge in [0.1, 0.15) is 35.8 Å². The van der Waals surface area contributed by atoms with Crippen LogP contribution < -0.4 is 15.2 Å². The van der Waals surface area contributed by atoms with Crippen molar-refractivity contribution in [3.63, 3.8) is 0 Å². The molecule has 2 N–H and O–H groups in total. The Kier molecular flexibility index (Phi) is 7.69. The van der Waals surface area contributed by atoms with Gasteiger partial charge >= 0.3 is 6.01 Å². The summed E-state index contributed by atoms with van der Waals surface area (Å²) in [7, 11) is 0. The molecule has 0 radical (unpaired) electrons. The number of nitrogens with two attached hydrogens (primary N) is 1. The molecular weight excluding hydrogens is 624 g/mol. The van der Waals surface area contributed by atoms with E-state index in [1.807, 2.05) is 6.92 Å². The predicted molar refractivity (Wildman–Crippen MR) is 173 cm³/mol. The number of alkyl halides is 1. The minimum absolute atomic E-state index is 0.0260. The molecule has 13 heteroatoms. The average molecular weight is 656 g/mol. The molecule has 4 atom stereocenters. The molecule has 0 aliphatic carbocycles. The van der Waals surface area contributed by atoms with E-state index in [0.29, 0.717) is 53.3 Å². The molecule has 0 spiro atoms. The second-order valence-corrected chi connectivity index (χ2v) is 13.4. The van der Waals surface area contributed by atoms with Crippen molar-refractivity contribution in [1.82, 2.24) is 19.8 Å². The quantitative estimate of drug-likeness (QED) is 0.256. The van der Waals surface area contributed by atoms with Gasteiger partial charge in [0.25, 0.3) is 0 Å². The number of hydrogen-bond acceptors (Lipinski definition) is 10. The molecule has 3 fully saturated rings. The van der Waals surface area contributed by atoms with Gasteiger partial charge in [-0.25, -0.2) is 8.78 Å². The Morgan fingerprint density at radius 3 is 2.85 bits per heavy atom. The van der Waals surface area contributed by atoms with Crippen LogP contribution in [0.5, 0.6) is 11.9 Å². The zero-order valence-electron chi connectivity index (χ0n) is 25.6. The van der Waals surface area contributed by atoms with Gasteiger partial charge in [0.05, 0.1) is 44.4 Å². The summed E-state index contributed by atoms with van der Waals surface area (Å²) in [5.41, 5.74) is 7.28. The number of carbonyl (C=O) groups excluding carboxylic acids is 1. The number of anilines is 1. The van der Waals surface area contributed by atoms with Gasteiger partial charge in [0.15, 0.2) is 0 Å². The van der Waals surface area contributed by atoms with Gasteiger partial charge in [-0.2, -0.15) is 20.5 Å². The van der Waals surface area contributed by atoms with Crippen LogP contribution in [0.15, 0.2) is 36.9 Å². The van der Waals surface area contributed by atoms with Crippen LogP contribution in [0.4, 0.5) is 13.8 Å². The number of nitriles is 2. The van der Waals surface area contributed by atoms with Gasteiger partial charge in [-0.05, 0) is 56.1 Å². The SMILES string of the molecule is C=CC(=O)N1CC[C@@H](Oc2nc(OC[C@@]34CCCN3C[C@H](F)C4)nc3cc(-c4ccc(F)c5sc(N)c(C#N)c45)c(C#N)cc23)[C@H]1C. The number of fused-ring (bicyclic) bond motifs is 3. The van der Waals surface area contributed by atoms with Crippen LogP contribution in [0, 0.1) is 28.5 Å². The minimum atomic E-state index is -0.927. The lowest BCUT2D eigenvalue weighted by atomic mass is 9.94. The van der Waals surface area contributed by atoms with Crippen molar-refractivity contribution in [3.05, 3.63) is 53.9 Å². The topological polar surface area (TPSA) is 141 Å². The Bertz CT molecular complexity index is 2040. The Balaban J connectivity index is 1.35. The number of thiophene rings is 1. The average Bonchev–Trinajstić information content (AvgIpc) is 3.80. The number of ether oxygens (including phenoxy) is 2. The van der Waals surface area contributed by atoms with Crippen molar-refractivity contribution in [2.24, 2.45) is 0 Å². The summed E-state index contributed by atoms with van der Waals surface area (Å²) < 4.78 is 42.3. The molecule has 3 aliphatic heterocycles. The highest BCUT2D eigenvalue weighted by Gasteiger charge is 2.49. The summed E-state index contributed by atoms with van der Waals surface area (Å²) >= 11 is 0.975. The lowest BCUT2D eigenvalue weighted by Gasteiger charge is -2.30. The summed E-state index contributed by atoms with van der Waals surface area (Å²) in [5, 5.41) is 21.1. The standard InChI is InChI=1S/C34H31F2N7O3S/c1-3-28(44)43-10-7-27(18(43)2)46-32-23-11-19(14-37)22(21-5-6-25(36)30-29(21)24(15-38)31(39)47-30)12-26(23)40-33(41-32)45-17-34-8-4-9-42(34)16-20(35)13-34/h3,5-6,11-12,18,20,27H,1,4,7-10,13,16-17,39H2,2H3/t18-,20-,27-,34+/m1/s1. The smallest absolute Gasteiger partial charge is 0.320 e. The first-order valence-electron chi connectivity index (χ1n) is 15.4. The van der Waals surface area contributed by atoms with Gasteiger partial charge < -0.3 is 20.1 Å². The number of nitrogens with zero attached hydrogens (tertiary/aromatic N) is 6. The summed E-state index contributed by atoms with van der Waals surface area (Å²) in [6.45, 7) is 7.34. The molecule has 0 saturated carbocycles. The van der Waals surface area contributed by atoms with Gasteiger partial charge in [-0.3, -0.25) is 9.69 Å². The second kappa shape index (κ2) is 11.7. The maximum atomic E-state index is 14.9. The Labute approximate surface area is 273 Å². The van der Waals surface area contributed by atoms with E-state index >= 15 is 0 Å². The van der Waals surface area contributed by atoms with Crippen molar-refractivity contribution in [2.75, 3.05) is 32.0 Å². The monoisotopic (exact) mass is 655 g/mol. The molecule has 0 unspecified atom stereocenters. The van der Waals surface area contributed by atoms with Crippen LogP contribution in [0.25, 0.3) is 32.1 Å². The van der Waals surface area contributed by atoms with Gasteiger partial charge in [-0.1, -0.05) is 12.6 Å². The molecular formula is C34H31F2N7O3S. The number of rotatable bonds is 7. The molecule has 3 saturated heterocycles. The van der Waals surface area contributed by atoms with E-state index in [2.05, 4.69) is 28.6 Å². The highest BCUT2D eigenvalue weighted by molar-refractivity contribution is 7.23. The third-order valence-electron chi connectivity index (χ3n) is 9.76. The highest BCUT2D eigenvalue weighted by Crippen LogP contribution is 2.44. The molecule has 5 heterocycles. The van der Waals surface area contributed by atoms with Crippen molar-refractivity contribution in [2.45, 2.75) is 56.5 Å². The van der Waals surface area contributed by atoms with E-state index < -0.39 is 23.6 Å². The Hall–Kier alpha value is -4.85. The number of aromatic nitrogens is 2. The zero-order valence-corrected chi connectivity index (χ0v) is 26.4. The fourth-order valence-corrected chi connectivity index (χ4v) is 8.36. The van der Waals surface area contributed by atoms with E-state index in [1.165, 1.54) is 18.2 Å². The van der Waals surface area contributed by atoms with Crippen molar-refractivity contribution in [3.8, 4) is 35.2 Å². The molecule has 7 rings (SSSR count). The third-order valence-corrected chi connectivity index (χ3v) is 10.8. The van der Waals surface area contributed by atoms with Gasteiger partial charge in [-0.15, -0.1) is 11.3 Å². The van der Waals surface area contributed by atoms with E-state index in [4.69, 9.17) is 20.2 Å². The minimum Gasteiger partial charge on any atom is -0.471 e. The molecule has 4 aromatic rings. The van der Waals surface area contributed by atoms with Crippen LogP contribution in [0.2, 0.25) is 0 Å². The maximum Gasteiger partial charge on any atom is 0.320 e. The number of likely N-dealkylation sites (tertiary alicyclic amines) is 1. The Morgan fingerprint density at radius 2 is 2.09 bits per heavy atom. The fraction of sp³-hybridized carbons (Fsp3) is 0.382. The lowest BCUT2D eigenvalue weighted by molar-refractivity contribution is -0.127. The number of halogens is 2. The van der Waals surface area contributed by atoms with Gasteiger partial charge in [0, 0.05) is 36.9 Å². The van der Waals surface area contributed by atoms with Crippen molar-refractivity contribution in [1.29, 1.82) is 10.5 Å². The van der Waals surface area contributed by atoms with Crippen LogP contribution in [0.1, 0.15) is 43.7 Å². The largest absolute Gasteiger partial charge is 0.471 e. The first kappa shape index (κ1) is 30.8.